The van der Waals surface area contributed by atoms with Crippen molar-refractivity contribution in [1.29, 1.82) is 0 Å². The van der Waals surface area contributed by atoms with Crippen LogP contribution in [0.1, 0.15) is 36.7 Å². The molecule has 4 rings (SSSR count). The molecule has 0 aliphatic carbocycles. The van der Waals surface area contributed by atoms with E-state index in [1.54, 1.807) is 0 Å². The Kier molecular flexibility index (Phi) is 6.80. The summed E-state index contributed by atoms with van der Waals surface area (Å²) in [5.41, 5.74) is 4.17. The van der Waals surface area contributed by atoms with Gasteiger partial charge in [-0.15, -0.1) is 0 Å². The van der Waals surface area contributed by atoms with E-state index in [0.29, 0.717) is 25.7 Å². The standard InChI is InChI=1S/C26H34N4O2/c1-4-29(20(2)3)23-11-9-22(10-12-23)26(32)28-17-15-27(16-18-28)19-25(31)30-14-13-21-7-5-6-8-24(21)30/h5-12,20H,4,13-19H2,1-3H3. The molecule has 0 saturated carbocycles. The molecule has 2 heterocycles. The van der Waals surface area contributed by atoms with Crippen molar-refractivity contribution in [2.75, 3.05) is 55.6 Å². The third-order valence-electron chi connectivity index (χ3n) is 6.62. The second-order valence-corrected chi connectivity index (χ2v) is 8.92. The Morgan fingerprint density at radius 1 is 0.938 bits per heavy atom. The van der Waals surface area contributed by atoms with Gasteiger partial charge in [0.15, 0.2) is 0 Å². The van der Waals surface area contributed by atoms with Crippen LogP contribution in [0.2, 0.25) is 0 Å². The lowest BCUT2D eigenvalue weighted by atomic mass is 10.1. The van der Waals surface area contributed by atoms with Gasteiger partial charge in [0, 0.05) is 62.2 Å². The van der Waals surface area contributed by atoms with E-state index < -0.39 is 0 Å². The van der Waals surface area contributed by atoms with Gasteiger partial charge < -0.3 is 14.7 Å². The number of benzene rings is 2. The number of anilines is 2. The molecule has 2 aliphatic heterocycles. The summed E-state index contributed by atoms with van der Waals surface area (Å²) in [6, 6.07) is 16.5. The van der Waals surface area contributed by atoms with Gasteiger partial charge >= 0.3 is 0 Å². The summed E-state index contributed by atoms with van der Waals surface area (Å²) in [7, 11) is 0. The van der Waals surface area contributed by atoms with E-state index in [-0.39, 0.29) is 11.8 Å². The van der Waals surface area contributed by atoms with E-state index in [4.69, 9.17) is 0 Å². The van der Waals surface area contributed by atoms with Crippen LogP contribution < -0.4 is 9.80 Å². The molecule has 170 valence electrons. The summed E-state index contributed by atoms with van der Waals surface area (Å²) in [6.45, 7) is 11.4. The van der Waals surface area contributed by atoms with Gasteiger partial charge in [-0.2, -0.15) is 0 Å². The van der Waals surface area contributed by atoms with Crippen molar-refractivity contribution >= 4 is 23.2 Å². The van der Waals surface area contributed by atoms with E-state index in [9.17, 15) is 9.59 Å². The highest BCUT2D eigenvalue weighted by atomic mass is 16.2. The van der Waals surface area contributed by atoms with Gasteiger partial charge in [0.1, 0.15) is 0 Å². The molecule has 0 radical (unpaired) electrons. The third kappa shape index (κ3) is 4.65. The van der Waals surface area contributed by atoms with Crippen molar-refractivity contribution < 1.29 is 9.59 Å². The number of nitrogens with zero attached hydrogens (tertiary/aromatic N) is 4. The van der Waals surface area contributed by atoms with Crippen molar-refractivity contribution in [1.82, 2.24) is 9.80 Å². The van der Waals surface area contributed by atoms with E-state index in [2.05, 4.69) is 36.6 Å². The van der Waals surface area contributed by atoms with Gasteiger partial charge in [-0.05, 0) is 63.1 Å². The average molecular weight is 435 g/mol. The molecule has 0 bridgehead atoms. The molecule has 0 unspecified atom stereocenters. The van der Waals surface area contributed by atoms with Gasteiger partial charge in [-0.25, -0.2) is 0 Å². The lowest BCUT2D eigenvalue weighted by Crippen LogP contribution is -2.51. The first-order valence-corrected chi connectivity index (χ1v) is 11.7. The van der Waals surface area contributed by atoms with Crippen LogP contribution >= 0.6 is 0 Å². The number of rotatable bonds is 6. The van der Waals surface area contributed by atoms with Crippen LogP contribution in [0.3, 0.4) is 0 Å². The molecule has 2 aliphatic rings. The van der Waals surface area contributed by atoms with Crippen LogP contribution in [-0.4, -0.2) is 73.5 Å². The molecule has 1 saturated heterocycles. The minimum absolute atomic E-state index is 0.0728. The molecule has 6 heteroatoms. The summed E-state index contributed by atoms with van der Waals surface area (Å²) in [5, 5.41) is 0. The number of para-hydroxylation sites is 1. The van der Waals surface area contributed by atoms with E-state index in [1.807, 2.05) is 52.3 Å². The highest BCUT2D eigenvalue weighted by Crippen LogP contribution is 2.27. The lowest BCUT2D eigenvalue weighted by molar-refractivity contribution is -0.120. The van der Waals surface area contributed by atoms with Crippen LogP contribution in [-0.2, 0) is 11.2 Å². The quantitative estimate of drug-likeness (QED) is 0.700. The van der Waals surface area contributed by atoms with Crippen molar-refractivity contribution in [3.63, 3.8) is 0 Å². The second-order valence-electron chi connectivity index (χ2n) is 8.92. The van der Waals surface area contributed by atoms with E-state index in [1.165, 1.54) is 5.56 Å². The van der Waals surface area contributed by atoms with Gasteiger partial charge in [-0.1, -0.05) is 18.2 Å². The van der Waals surface area contributed by atoms with Crippen molar-refractivity contribution in [2.24, 2.45) is 0 Å². The van der Waals surface area contributed by atoms with Crippen molar-refractivity contribution in [3.8, 4) is 0 Å². The van der Waals surface area contributed by atoms with E-state index >= 15 is 0 Å². The molecule has 2 aromatic rings. The average Bonchev–Trinajstić information content (AvgIpc) is 3.24. The largest absolute Gasteiger partial charge is 0.369 e. The fourth-order valence-electron chi connectivity index (χ4n) is 4.81. The van der Waals surface area contributed by atoms with Crippen LogP contribution in [0.4, 0.5) is 11.4 Å². The molecular weight excluding hydrogens is 400 g/mol. The summed E-state index contributed by atoms with van der Waals surface area (Å²) in [5.74, 6) is 0.222. The van der Waals surface area contributed by atoms with Crippen LogP contribution in [0.15, 0.2) is 48.5 Å². The number of carbonyl (C=O) groups is 2. The van der Waals surface area contributed by atoms with Gasteiger partial charge in [-0.3, -0.25) is 14.5 Å². The van der Waals surface area contributed by atoms with Gasteiger partial charge in [0.05, 0.1) is 6.54 Å². The number of carbonyl (C=O) groups excluding carboxylic acids is 2. The minimum Gasteiger partial charge on any atom is -0.369 e. The number of amides is 2. The number of hydrogen-bond donors (Lipinski definition) is 0. The highest BCUT2D eigenvalue weighted by Gasteiger charge is 2.28. The fourth-order valence-corrected chi connectivity index (χ4v) is 4.81. The Bertz CT molecular complexity index is 949. The van der Waals surface area contributed by atoms with Crippen LogP contribution in [0.25, 0.3) is 0 Å². The maximum atomic E-state index is 13.0. The normalized spacial score (nSPS) is 16.4. The fraction of sp³-hybridized carbons (Fsp3) is 0.462. The van der Waals surface area contributed by atoms with Gasteiger partial charge in [0.2, 0.25) is 5.91 Å². The Balaban J connectivity index is 1.30. The summed E-state index contributed by atoms with van der Waals surface area (Å²) in [6.07, 6.45) is 0.927. The summed E-state index contributed by atoms with van der Waals surface area (Å²) >= 11 is 0. The van der Waals surface area contributed by atoms with Gasteiger partial charge in [0.25, 0.3) is 5.91 Å². The molecule has 0 atom stereocenters. The SMILES string of the molecule is CCN(c1ccc(C(=O)N2CCN(CC(=O)N3CCc4ccccc43)CC2)cc1)C(C)C. The first kappa shape index (κ1) is 22.3. The molecule has 2 aromatic carbocycles. The maximum Gasteiger partial charge on any atom is 0.253 e. The Morgan fingerprint density at radius 3 is 2.28 bits per heavy atom. The van der Waals surface area contributed by atoms with Crippen LogP contribution in [0.5, 0.6) is 0 Å². The van der Waals surface area contributed by atoms with Crippen LogP contribution in [0, 0.1) is 0 Å². The molecule has 32 heavy (non-hydrogen) atoms. The molecule has 1 fully saturated rings. The molecule has 0 N–H and O–H groups in total. The Labute approximate surface area is 191 Å². The monoisotopic (exact) mass is 434 g/mol. The predicted molar refractivity (Wildman–Crippen MR) is 129 cm³/mol. The molecule has 0 aromatic heterocycles. The third-order valence-corrected chi connectivity index (χ3v) is 6.62. The zero-order chi connectivity index (χ0) is 22.7. The number of piperazine rings is 1. The Hall–Kier alpha value is -2.86. The Morgan fingerprint density at radius 2 is 1.62 bits per heavy atom. The number of fused-ring (bicyclic) bond motifs is 1. The molecule has 6 nitrogen and oxygen atoms in total. The van der Waals surface area contributed by atoms with E-state index in [0.717, 1.165) is 49.5 Å². The zero-order valence-electron chi connectivity index (χ0n) is 19.5. The summed E-state index contributed by atoms with van der Waals surface area (Å²) in [4.78, 5) is 34.1. The maximum absolute atomic E-state index is 13.0. The first-order chi connectivity index (χ1) is 15.5. The first-order valence-electron chi connectivity index (χ1n) is 11.7. The zero-order valence-corrected chi connectivity index (χ0v) is 19.5. The smallest absolute Gasteiger partial charge is 0.253 e. The summed E-state index contributed by atoms with van der Waals surface area (Å²) < 4.78 is 0. The topological polar surface area (TPSA) is 47.1 Å². The lowest BCUT2D eigenvalue weighted by Gasteiger charge is -2.35. The molecular formula is C26H34N4O2. The minimum atomic E-state index is 0.0728. The predicted octanol–water partition coefficient (Wildman–Crippen LogP) is 3.27. The highest BCUT2D eigenvalue weighted by molar-refractivity contribution is 5.97. The second kappa shape index (κ2) is 9.74. The van der Waals surface area contributed by atoms with Crippen molar-refractivity contribution in [3.05, 3.63) is 59.7 Å². The molecule has 0 spiro atoms. The van der Waals surface area contributed by atoms with Crippen molar-refractivity contribution in [2.45, 2.75) is 33.2 Å². The number of hydrogen-bond acceptors (Lipinski definition) is 4. The molecule has 2 amide bonds.